The molecule has 0 saturated carbocycles. The van der Waals surface area contributed by atoms with Gasteiger partial charge in [0, 0.05) is 54.4 Å². The molecule has 2 aliphatic rings. The van der Waals surface area contributed by atoms with Crippen LogP contribution in [0, 0.1) is 0 Å². The molecule has 6 heteroatoms. The van der Waals surface area contributed by atoms with E-state index < -0.39 is 0 Å². The average Bonchev–Trinajstić information content (AvgIpc) is 2.82. The van der Waals surface area contributed by atoms with Crippen molar-refractivity contribution in [1.82, 2.24) is 0 Å². The molecule has 0 fully saturated rings. The van der Waals surface area contributed by atoms with Crippen molar-refractivity contribution < 1.29 is 14.2 Å². The first-order valence-corrected chi connectivity index (χ1v) is 10.3. The monoisotopic (exact) mass is 417 g/mol. The molecule has 0 N–H and O–H groups in total. The summed E-state index contributed by atoms with van der Waals surface area (Å²) in [6, 6.07) is 21.3. The number of fused-ring (bicyclic) bond motifs is 6. The summed E-state index contributed by atoms with van der Waals surface area (Å²) in [5, 5.41) is 0. The smallest absolute Gasteiger partial charge is 0.203 e. The Labute approximate surface area is 183 Å². The topological polar surface area (TPSA) is 37.4 Å². The van der Waals surface area contributed by atoms with Crippen LogP contribution in [0.1, 0.15) is 23.5 Å². The summed E-state index contributed by atoms with van der Waals surface area (Å²) in [4.78, 5) is 7.12. The fourth-order valence-electron chi connectivity index (χ4n) is 5.04. The van der Waals surface area contributed by atoms with Gasteiger partial charge in [-0.25, -0.2) is 0 Å². The van der Waals surface area contributed by atoms with Gasteiger partial charge in [0.1, 0.15) is 12.3 Å². The lowest BCUT2D eigenvalue weighted by atomic mass is 9.92. The van der Waals surface area contributed by atoms with Gasteiger partial charge in [-0.3, -0.25) is 0 Å². The lowest BCUT2D eigenvalue weighted by Crippen LogP contribution is -2.55. The van der Waals surface area contributed by atoms with Crippen LogP contribution in [0.3, 0.4) is 0 Å². The van der Waals surface area contributed by atoms with E-state index in [2.05, 4.69) is 77.3 Å². The van der Waals surface area contributed by atoms with Gasteiger partial charge in [0.2, 0.25) is 5.75 Å². The highest BCUT2D eigenvalue weighted by Crippen LogP contribution is 2.55. The average molecular weight is 418 g/mol. The second kappa shape index (κ2) is 7.30. The molecule has 31 heavy (non-hydrogen) atoms. The minimum absolute atomic E-state index is 0.0232. The Kier molecular flexibility index (Phi) is 4.58. The van der Waals surface area contributed by atoms with Crippen LogP contribution < -0.4 is 28.9 Å². The quantitative estimate of drug-likeness (QED) is 0.606. The lowest BCUT2D eigenvalue weighted by molar-refractivity contribution is 0.324. The Morgan fingerprint density at radius 2 is 1.10 bits per heavy atom. The van der Waals surface area contributed by atoms with Crippen LogP contribution in [-0.4, -0.2) is 35.4 Å². The van der Waals surface area contributed by atoms with E-state index in [1.54, 1.807) is 21.3 Å². The maximum absolute atomic E-state index is 5.67. The Morgan fingerprint density at radius 3 is 1.52 bits per heavy atom. The van der Waals surface area contributed by atoms with Crippen LogP contribution in [0.25, 0.3) is 0 Å². The van der Waals surface area contributed by atoms with Gasteiger partial charge in [-0.2, -0.15) is 0 Å². The molecule has 2 heterocycles. The molecule has 2 atom stereocenters. The molecule has 160 valence electrons. The predicted molar refractivity (Wildman–Crippen MR) is 124 cm³/mol. The number of methoxy groups -OCH3 is 3. The SMILES string of the molecule is COc1cc(N2C3c4ccccc4N(C)C2c2ccccc2N3C)cc(OC)c1OC. The summed E-state index contributed by atoms with van der Waals surface area (Å²) in [5.74, 6) is 1.89. The molecule has 5 rings (SSSR count). The Balaban J connectivity index is 1.78. The molecular weight excluding hydrogens is 390 g/mol. The van der Waals surface area contributed by atoms with Gasteiger partial charge in [0.25, 0.3) is 0 Å². The molecule has 3 aromatic rings. The number of nitrogens with zero attached hydrogens (tertiary/aromatic N) is 3. The van der Waals surface area contributed by atoms with Crippen LogP contribution in [0.15, 0.2) is 60.7 Å². The fraction of sp³-hybridized carbons (Fsp3) is 0.280. The van der Waals surface area contributed by atoms with Crippen molar-refractivity contribution in [2.75, 3.05) is 50.1 Å². The van der Waals surface area contributed by atoms with Crippen LogP contribution in [0.4, 0.5) is 17.1 Å². The van der Waals surface area contributed by atoms with E-state index in [-0.39, 0.29) is 12.3 Å². The van der Waals surface area contributed by atoms with Gasteiger partial charge in [-0.1, -0.05) is 36.4 Å². The summed E-state index contributed by atoms with van der Waals surface area (Å²) in [7, 11) is 9.26. The van der Waals surface area contributed by atoms with E-state index in [1.165, 1.54) is 22.5 Å². The van der Waals surface area contributed by atoms with Crippen molar-refractivity contribution >= 4 is 17.1 Å². The molecule has 6 nitrogen and oxygen atoms in total. The molecule has 2 unspecified atom stereocenters. The van der Waals surface area contributed by atoms with Crippen LogP contribution >= 0.6 is 0 Å². The molecule has 3 aromatic carbocycles. The van der Waals surface area contributed by atoms with Crippen LogP contribution in [0.2, 0.25) is 0 Å². The number of anilines is 3. The summed E-state index contributed by atoms with van der Waals surface area (Å²) in [6.45, 7) is 0. The normalized spacial score (nSPS) is 18.9. The van der Waals surface area contributed by atoms with Crippen molar-refractivity contribution in [1.29, 1.82) is 0 Å². The first kappa shape index (κ1) is 19.4. The van der Waals surface area contributed by atoms with Crippen LogP contribution in [0.5, 0.6) is 17.2 Å². The molecule has 0 aliphatic carbocycles. The second-order valence-electron chi connectivity index (χ2n) is 7.88. The minimum Gasteiger partial charge on any atom is -0.493 e. The number of benzene rings is 3. The number of hydrogen-bond donors (Lipinski definition) is 0. The maximum atomic E-state index is 5.67. The van der Waals surface area contributed by atoms with Crippen molar-refractivity contribution in [3.05, 3.63) is 71.8 Å². The molecule has 2 bridgehead atoms. The van der Waals surface area contributed by atoms with Crippen molar-refractivity contribution in [2.24, 2.45) is 0 Å². The van der Waals surface area contributed by atoms with E-state index in [4.69, 9.17) is 14.2 Å². The number of para-hydroxylation sites is 2. The van der Waals surface area contributed by atoms with Gasteiger partial charge < -0.3 is 28.9 Å². The van der Waals surface area contributed by atoms with Crippen molar-refractivity contribution in [3.8, 4) is 17.2 Å². The third-order valence-electron chi connectivity index (χ3n) is 6.40. The minimum atomic E-state index is 0.0232. The summed E-state index contributed by atoms with van der Waals surface area (Å²) in [5.41, 5.74) is 6.00. The number of ether oxygens (including phenoxy) is 3. The van der Waals surface area contributed by atoms with Gasteiger partial charge in [-0.15, -0.1) is 0 Å². The highest BCUT2D eigenvalue weighted by molar-refractivity contribution is 5.76. The Bertz CT molecular complexity index is 1050. The summed E-state index contributed by atoms with van der Waals surface area (Å²) >= 11 is 0. The van der Waals surface area contributed by atoms with Crippen LogP contribution in [-0.2, 0) is 0 Å². The van der Waals surface area contributed by atoms with Gasteiger partial charge in [0.05, 0.1) is 21.3 Å². The second-order valence-corrected chi connectivity index (χ2v) is 7.88. The fourth-order valence-corrected chi connectivity index (χ4v) is 5.04. The van der Waals surface area contributed by atoms with Gasteiger partial charge in [-0.05, 0) is 12.1 Å². The maximum Gasteiger partial charge on any atom is 0.203 e. The highest BCUT2D eigenvalue weighted by Gasteiger charge is 2.45. The largest absolute Gasteiger partial charge is 0.493 e. The standard InChI is InChI=1S/C25H27N3O3/c1-26-19-12-8-6-10-17(19)25-27(2)20-13-9-7-11-18(20)24(26)28(25)16-14-21(29-3)23(31-5)22(15-16)30-4/h6-15,24-25H,1-5H3. The number of rotatable bonds is 4. The highest BCUT2D eigenvalue weighted by atomic mass is 16.5. The first-order chi connectivity index (χ1) is 15.1. The number of hydrogen-bond acceptors (Lipinski definition) is 6. The van der Waals surface area contributed by atoms with E-state index in [0.717, 1.165) is 5.69 Å². The van der Waals surface area contributed by atoms with E-state index >= 15 is 0 Å². The summed E-state index contributed by atoms with van der Waals surface area (Å²) in [6.07, 6.45) is 0.0465. The molecule has 0 saturated heterocycles. The zero-order valence-corrected chi connectivity index (χ0v) is 18.5. The summed E-state index contributed by atoms with van der Waals surface area (Å²) < 4.78 is 16.9. The molecule has 0 aromatic heterocycles. The van der Waals surface area contributed by atoms with Crippen molar-refractivity contribution in [3.63, 3.8) is 0 Å². The molecule has 2 aliphatic heterocycles. The van der Waals surface area contributed by atoms with E-state index in [0.29, 0.717) is 17.2 Å². The zero-order chi connectivity index (χ0) is 21.7. The molecule has 0 spiro atoms. The van der Waals surface area contributed by atoms with E-state index in [1.807, 2.05) is 12.1 Å². The lowest BCUT2D eigenvalue weighted by Gasteiger charge is -2.57. The predicted octanol–water partition coefficient (Wildman–Crippen LogP) is 4.82. The van der Waals surface area contributed by atoms with E-state index in [9.17, 15) is 0 Å². The van der Waals surface area contributed by atoms with Gasteiger partial charge >= 0.3 is 0 Å². The first-order valence-electron chi connectivity index (χ1n) is 10.3. The third-order valence-corrected chi connectivity index (χ3v) is 6.40. The Hall–Kier alpha value is -3.54. The Morgan fingerprint density at radius 1 is 0.645 bits per heavy atom. The molecule has 0 radical (unpaired) electrons. The zero-order valence-electron chi connectivity index (χ0n) is 18.5. The molecular formula is C25H27N3O3. The molecule has 0 amide bonds. The van der Waals surface area contributed by atoms with Crippen molar-refractivity contribution in [2.45, 2.75) is 12.3 Å². The van der Waals surface area contributed by atoms with Gasteiger partial charge in [0.15, 0.2) is 11.5 Å². The third kappa shape index (κ3) is 2.71.